The number of fused-ring (bicyclic) bond motifs is 1. The van der Waals surface area contributed by atoms with Gasteiger partial charge < -0.3 is 34.8 Å². The summed E-state index contributed by atoms with van der Waals surface area (Å²) in [7, 11) is 0. The third kappa shape index (κ3) is 3.78. The van der Waals surface area contributed by atoms with Crippen LogP contribution in [0.15, 0.2) is 54.7 Å². The molecule has 4 atom stereocenters. The van der Waals surface area contributed by atoms with Crippen LogP contribution in [-0.2, 0) is 17.6 Å². The number of nitrogens with zero attached hydrogens (tertiary/aromatic N) is 1. The monoisotopic (exact) mass is 427 g/mol. The van der Waals surface area contributed by atoms with E-state index in [1.54, 1.807) is 4.57 Å². The molecule has 0 saturated carbocycles. The molecule has 1 unspecified atom stereocenters. The Morgan fingerprint density at radius 1 is 0.903 bits per heavy atom. The molecule has 0 spiro atoms. The van der Waals surface area contributed by atoms with Gasteiger partial charge in [0.05, 0.1) is 18.7 Å². The van der Waals surface area contributed by atoms with Crippen LogP contribution < -0.4 is 0 Å². The summed E-state index contributed by atoms with van der Waals surface area (Å²) >= 11 is 0. The van der Waals surface area contributed by atoms with Crippen molar-refractivity contribution < 1.29 is 30.3 Å². The fourth-order valence-corrected chi connectivity index (χ4v) is 4.32. The first-order chi connectivity index (χ1) is 14.9. The number of aliphatic hydroxyl groups excluding tert-OH is 5. The van der Waals surface area contributed by atoms with Crippen LogP contribution in [0, 0.1) is 0 Å². The minimum atomic E-state index is -1.79. The van der Waals surface area contributed by atoms with Crippen molar-refractivity contribution in [2.75, 3.05) is 13.2 Å². The van der Waals surface area contributed by atoms with Gasteiger partial charge in [0, 0.05) is 11.6 Å². The molecule has 5 N–H and O–H groups in total. The normalized spacial score (nSPS) is 25.7. The first-order valence-electron chi connectivity index (χ1n) is 10.5. The summed E-state index contributed by atoms with van der Waals surface area (Å²) in [5.41, 5.74) is 2.41. The molecule has 4 rings (SSSR count). The zero-order chi connectivity index (χ0) is 22.2. The van der Waals surface area contributed by atoms with Crippen LogP contribution in [0.3, 0.4) is 0 Å². The lowest BCUT2D eigenvalue weighted by Gasteiger charge is -2.47. The maximum absolute atomic E-state index is 10.7. The average molecular weight is 427 g/mol. The van der Waals surface area contributed by atoms with Crippen molar-refractivity contribution >= 4 is 10.9 Å². The third-order valence-corrected chi connectivity index (χ3v) is 6.32. The van der Waals surface area contributed by atoms with Crippen LogP contribution in [-0.4, -0.2) is 67.2 Å². The lowest BCUT2D eigenvalue weighted by atomic mass is 9.87. The summed E-state index contributed by atoms with van der Waals surface area (Å²) in [5, 5.41) is 52.0. The summed E-state index contributed by atoms with van der Waals surface area (Å²) in [5.74, 6) is 0. The highest BCUT2D eigenvalue weighted by Crippen LogP contribution is 2.38. The van der Waals surface area contributed by atoms with E-state index in [1.807, 2.05) is 30.5 Å². The summed E-state index contributed by atoms with van der Waals surface area (Å²) in [6.45, 7) is 0.698. The van der Waals surface area contributed by atoms with Crippen LogP contribution in [0.25, 0.3) is 10.9 Å². The predicted octanol–water partition coefficient (Wildman–Crippen LogP) is 1.13. The number of benzene rings is 2. The molecular weight excluding hydrogens is 398 g/mol. The Hall–Kier alpha value is -2.26. The van der Waals surface area contributed by atoms with Crippen LogP contribution in [0.4, 0.5) is 0 Å². The summed E-state index contributed by atoms with van der Waals surface area (Å²) < 4.78 is 7.56. The van der Waals surface area contributed by atoms with Crippen molar-refractivity contribution in [1.29, 1.82) is 0 Å². The highest BCUT2D eigenvalue weighted by Gasteiger charge is 2.53. The fourth-order valence-electron chi connectivity index (χ4n) is 4.32. The van der Waals surface area contributed by atoms with Crippen molar-refractivity contribution in [1.82, 2.24) is 4.57 Å². The van der Waals surface area contributed by atoms with Gasteiger partial charge in [0.25, 0.3) is 0 Å². The Kier molecular flexibility index (Phi) is 6.16. The molecular formula is C24H29NO6. The Morgan fingerprint density at radius 3 is 2.19 bits per heavy atom. The third-order valence-electron chi connectivity index (χ3n) is 6.32. The van der Waals surface area contributed by atoms with Gasteiger partial charge >= 0.3 is 0 Å². The Balaban J connectivity index is 1.75. The largest absolute Gasteiger partial charge is 0.393 e. The first-order valence-corrected chi connectivity index (χ1v) is 10.5. The minimum absolute atomic E-state index is 0.663. The van der Waals surface area contributed by atoms with E-state index < -0.39 is 43.4 Å². The van der Waals surface area contributed by atoms with E-state index in [4.69, 9.17) is 4.74 Å². The van der Waals surface area contributed by atoms with Crippen LogP contribution in [0.1, 0.15) is 29.8 Å². The van der Waals surface area contributed by atoms with Gasteiger partial charge in [0.1, 0.15) is 23.9 Å². The molecule has 2 aromatic carbocycles. The highest BCUT2D eigenvalue weighted by molar-refractivity contribution is 5.84. The van der Waals surface area contributed by atoms with E-state index in [0.29, 0.717) is 6.42 Å². The number of aromatic nitrogens is 1. The second kappa shape index (κ2) is 8.70. The highest BCUT2D eigenvalue weighted by atomic mass is 16.6. The van der Waals surface area contributed by atoms with Gasteiger partial charge in [-0.15, -0.1) is 0 Å². The van der Waals surface area contributed by atoms with Gasteiger partial charge in [-0.05, 0) is 35.6 Å². The molecule has 3 aromatic rings. The number of para-hydroxylation sites is 1. The van der Waals surface area contributed by atoms with Gasteiger partial charge in [0.2, 0.25) is 0 Å². The molecule has 7 heteroatoms. The van der Waals surface area contributed by atoms with Crippen LogP contribution in [0.2, 0.25) is 0 Å². The number of rotatable bonds is 6. The second-order valence-electron chi connectivity index (χ2n) is 8.24. The lowest BCUT2D eigenvalue weighted by molar-refractivity contribution is -0.304. The Morgan fingerprint density at radius 2 is 1.55 bits per heavy atom. The number of hydrogen-bond acceptors (Lipinski definition) is 6. The molecule has 1 aliphatic rings. The SMILES string of the molecule is CCc1ccc(Cc2cn(C3OC(CO)(CO)[C@@H](O)[C@H](O)[C@H]3O)c3ccccc23)cc1. The topological polar surface area (TPSA) is 115 Å². The molecule has 0 amide bonds. The zero-order valence-electron chi connectivity index (χ0n) is 17.4. The van der Waals surface area contributed by atoms with Crippen molar-refractivity contribution in [3.05, 3.63) is 71.4 Å². The Labute approximate surface area is 180 Å². The Bertz CT molecular complexity index is 1030. The van der Waals surface area contributed by atoms with Crippen molar-refractivity contribution in [2.24, 2.45) is 0 Å². The van der Waals surface area contributed by atoms with Gasteiger partial charge in [0.15, 0.2) is 6.23 Å². The molecule has 0 radical (unpaired) electrons. The number of hydrogen-bond donors (Lipinski definition) is 5. The molecule has 166 valence electrons. The van der Waals surface area contributed by atoms with E-state index in [2.05, 4.69) is 31.2 Å². The van der Waals surface area contributed by atoms with E-state index in [1.165, 1.54) is 5.56 Å². The van der Waals surface area contributed by atoms with Gasteiger partial charge in [-0.1, -0.05) is 49.4 Å². The summed E-state index contributed by atoms with van der Waals surface area (Å²) in [4.78, 5) is 0. The number of aryl methyl sites for hydroxylation is 1. The molecule has 0 aliphatic carbocycles. The lowest BCUT2D eigenvalue weighted by Crippen LogP contribution is -2.65. The van der Waals surface area contributed by atoms with Crippen molar-refractivity contribution in [2.45, 2.75) is 49.9 Å². The van der Waals surface area contributed by atoms with E-state index >= 15 is 0 Å². The standard InChI is InChI=1S/C24H29NO6/c1-2-15-7-9-16(10-8-15)11-17-12-25(19-6-4-3-5-18(17)19)23-21(29)20(28)22(30)24(13-26,14-27)31-23/h3-10,12,20-23,26-30H,2,11,13-14H2,1H3/t20-,21-,22+,23?/m1/s1. The predicted molar refractivity (Wildman–Crippen MR) is 116 cm³/mol. The first kappa shape index (κ1) is 22.0. The molecule has 31 heavy (non-hydrogen) atoms. The van der Waals surface area contributed by atoms with Gasteiger partial charge in [-0.3, -0.25) is 0 Å². The average Bonchev–Trinajstić information content (AvgIpc) is 3.17. The smallest absolute Gasteiger partial charge is 0.163 e. The quantitative estimate of drug-likeness (QED) is 0.403. The molecule has 0 bridgehead atoms. The number of aliphatic hydroxyl groups is 5. The van der Waals surface area contributed by atoms with Crippen molar-refractivity contribution in [3.63, 3.8) is 0 Å². The minimum Gasteiger partial charge on any atom is -0.393 e. The van der Waals surface area contributed by atoms with Gasteiger partial charge in [-0.25, -0.2) is 0 Å². The molecule has 1 aliphatic heterocycles. The number of ether oxygens (including phenoxy) is 1. The maximum Gasteiger partial charge on any atom is 0.163 e. The van der Waals surface area contributed by atoms with E-state index in [0.717, 1.165) is 28.5 Å². The fraction of sp³-hybridized carbons (Fsp3) is 0.417. The zero-order valence-corrected chi connectivity index (χ0v) is 17.4. The van der Waals surface area contributed by atoms with Crippen LogP contribution in [0.5, 0.6) is 0 Å². The molecule has 1 saturated heterocycles. The van der Waals surface area contributed by atoms with Crippen LogP contribution >= 0.6 is 0 Å². The van der Waals surface area contributed by atoms with E-state index in [-0.39, 0.29) is 0 Å². The van der Waals surface area contributed by atoms with Gasteiger partial charge in [-0.2, -0.15) is 0 Å². The maximum atomic E-state index is 10.7. The molecule has 1 fully saturated rings. The molecule has 2 heterocycles. The summed E-state index contributed by atoms with van der Waals surface area (Å²) in [6, 6.07) is 16.1. The van der Waals surface area contributed by atoms with E-state index in [9.17, 15) is 25.5 Å². The molecule has 7 nitrogen and oxygen atoms in total. The van der Waals surface area contributed by atoms with Crippen molar-refractivity contribution in [3.8, 4) is 0 Å². The summed E-state index contributed by atoms with van der Waals surface area (Å²) in [6.07, 6.45) is -2.28. The molecule has 1 aromatic heterocycles. The second-order valence-corrected chi connectivity index (χ2v) is 8.24.